The highest BCUT2D eigenvalue weighted by Gasteiger charge is 2.36. The van der Waals surface area contributed by atoms with Gasteiger partial charge in [0.05, 0.1) is 18.1 Å². The molecule has 5 heteroatoms. The van der Waals surface area contributed by atoms with Gasteiger partial charge in [-0.1, -0.05) is 6.42 Å². The molecule has 0 aromatic carbocycles. The Balaban J connectivity index is 1.79. The third-order valence-corrected chi connectivity index (χ3v) is 5.05. The van der Waals surface area contributed by atoms with Gasteiger partial charge in [0.15, 0.2) is 0 Å². The maximum absolute atomic E-state index is 6.10. The number of hydrogen-bond acceptors (Lipinski definition) is 4. The van der Waals surface area contributed by atoms with Gasteiger partial charge >= 0.3 is 0 Å². The van der Waals surface area contributed by atoms with Crippen LogP contribution in [0.25, 0.3) is 0 Å². The van der Waals surface area contributed by atoms with Crippen LogP contribution in [0.5, 0.6) is 0 Å². The number of rotatable bonds is 3. The fourth-order valence-corrected chi connectivity index (χ4v) is 3.92. The van der Waals surface area contributed by atoms with Crippen molar-refractivity contribution in [3.63, 3.8) is 0 Å². The molecule has 2 aliphatic rings. The van der Waals surface area contributed by atoms with Crippen molar-refractivity contribution in [2.75, 3.05) is 26.2 Å². The van der Waals surface area contributed by atoms with Gasteiger partial charge in [-0.15, -0.1) is 0 Å². The molecule has 0 saturated carbocycles. The number of hydrogen-bond donors (Lipinski definition) is 1. The van der Waals surface area contributed by atoms with E-state index in [-0.39, 0.29) is 0 Å². The molecule has 3 atom stereocenters. The summed E-state index contributed by atoms with van der Waals surface area (Å²) in [5, 5.41) is 0. The Morgan fingerprint density at radius 3 is 2.95 bits per heavy atom. The van der Waals surface area contributed by atoms with E-state index < -0.39 is 0 Å². The van der Waals surface area contributed by atoms with Crippen LogP contribution in [0, 0.1) is 0 Å². The molecular formula is C15H27N5. The predicted octanol–water partition coefficient (Wildman–Crippen LogP) is 0.979. The molecule has 1 aromatic rings. The molecule has 3 heterocycles. The van der Waals surface area contributed by atoms with E-state index in [1.807, 2.05) is 12.5 Å². The van der Waals surface area contributed by atoms with E-state index in [9.17, 15) is 0 Å². The third kappa shape index (κ3) is 2.50. The first-order valence-electron chi connectivity index (χ1n) is 7.86. The quantitative estimate of drug-likeness (QED) is 0.895. The van der Waals surface area contributed by atoms with Crippen molar-refractivity contribution >= 4 is 0 Å². The molecule has 2 aliphatic heterocycles. The van der Waals surface area contributed by atoms with Crippen molar-refractivity contribution < 1.29 is 0 Å². The lowest BCUT2D eigenvalue weighted by atomic mass is 9.95. The summed E-state index contributed by atoms with van der Waals surface area (Å²) in [6, 6.07) is 1.58. The highest BCUT2D eigenvalue weighted by molar-refractivity contribution is 5.08. The Hall–Kier alpha value is -0.910. The summed E-state index contributed by atoms with van der Waals surface area (Å²) in [4.78, 5) is 9.54. The van der Waals surface area contributed by atoms with Gasteiger partial charge in [-0.25, -0.2) is 4.98 Å². The average Bonchev–Trinajstić information content (AvgIpc) is 2.87. The van der Waals surface area contributed by atoms with Crippen molar-refractivity contribution in [3.8, 4) is 0 Å². The smallest absolute Gasteiger partial charge is 0.0946 e. The van der Waals surface area contributed by atoms with Crippen LogP contribution in [-0.4, -0.2) is 57.6 Å². The van der Waals surface area contributed by atoms with Crippen LogP contribution in [0.3, 0.4) is 0 Å². The zero-order valence-electron chi connectivity index (χ0n) is 12.7. The zero-order chi connectivity index (χ0) is 14.1. The lowest BCUT2D eigenvalue weighted by molar-refractivity contribution is -0.00808. The maximum Gasteiger partial charge on any atom is 0.0946 e. The number of aromatic nitrogens is 2. The fourth-order valence-electron chi connectivity index (χ4n) is 3.92. The second-order valence-corrected chi connectivity index (χ2v) is 6.37. The summed E-state index contributed by atoms with van der Waals surface area (Å²) < 4.78 is 2.11. The van der Waals surface area contributed by atoms with Crippen LogP contribution in [0.1, 0.15) is 37.9 Å². The molecule has 20 heavy (non-hydrogen) atoms. The van der Waals surface area contributed by atoms with Gasteiger partial charge in [-0.3, -0.25) is 9.80 Å². The van der Waals surface area contributed by atoms with E-state index in [2.05, 4.69) is 33.3 Å². The Bertz CT molecular complexity index is 443. The number of piperidine rings is 1. The van der Waals surface area contributed by atoms with Crippen LogP contribution < -0.4 is 5.73 Å². The molecule has 3 unspecified atom stereocenters. The number of nitrogens with two attached hydrogens (primary N) is 1. The first kappa shape index (κ1) is 14.0. The van der Waals surface area contributed by atoms with Crippen molar-refractivity contribution in [1.29, 1.82) is 0 Å². The molecule has 2 N–H and O–H groups in total. The van der Waals surface area contributed by atoms with E-state index in [1.54, 1.807) is 0 Å². The molecule has 1 aromatic heterocycles. The molecule has 0 spiro atoms. The minimum Gasteiger partial charge on any atom is -0.336 e. The standard InChI is InChI=1S/C15H27N5/c1-12-9-19-6-4-3-5-13(19)10-20(12)14(7-16)15-8-17-11-18(15)2/h8,11-14H,3-7,9-10,16H2,1-2H3. The van der Waals surface area contributed by atoms with E-state index in [1.165, 1.54) is 38.0 Å². The van der Waals surface area contributed by atoms with E-state index in [4.69, 9.17) is 5.73 Å². The highest BCUT2D eigenvalue weighted by Crippen LogP contribution is 2.30. The first-order valence-corrected chi connectivity index (χ1v) is 7.86. The Morgan fingerprint density at radius 2 is 2.25 bits per heavy atom. The third-order valence-electron chi connectivity index (χ3n) is 5.05. The second kappa shape index (κ2) is 5.84. The van der Waals surface area contributed by atoms with Gasteiger partial charge in [0.1, 0.15) is 0 Å². The number of aryl methyl sites for hydroxylation is 1. The zero-order valence-corrected chi connectivity index (χ0v) is 12.7. The van der Waals surface area contributed by atoms with Crippen LogP contribution in [-0.2, 0) is 7.05 Å². The number of piperazine rings is 1. The summed E-state index contributed by atoms with van der Waals surface area (Å²) >= 11 is 0. The second-order valence-electron chi connectivity index (χ2n) is 6.37. The summed E-state index contributed by atoms with van der Waals surface area (Å²) in [6.45, 7) is 6.61. The van der Waals surface area contributed by atoms with Crippen LogP contribution in [0.2, 0.25) is 0 Å². The summed E-state index contributed by atoms with van der Waals surface area (Å²) in [6.07, 6.45) is 7.93. The first-order chi connectivity index (χ1) is 9.70. The Kier molecular flexibility index (Phi) is 4.10. The summed E-state index contributed by atoms with van der Waals surface area (Å²) in [7, 11) is 2.06. The average molecular weight is 277 g/mol. The molecule has 0 aliphatic carbocycles. The van der Waals surface area contributed by atoms with Gasteiger partial charge in [0.2, 0.25) is 0 Å². The van der Waals surface area contributed by atoms with Crippen molar-refractivity contribution in [2.24, 2.45) is 12.8 Å². The monoisotopic (exact) mass is 277 g/mol. The molecule has 2 saturated heterocycles. The summed E-state index contributed by atoms with van der Waals surface area (Å²) in [5.41, 5.74) is 7.34. The van der Waals surface area contributed by atoms with Crippen LogP contribution in [0.15, 0.2) is 12.5 Å². The molecule has 0 amide bonds. The van der Waals surface area contributed by atoms with E-state index in [0.717, 1.165) is 12.6 Å². The largest absolute Gasteiger partial charge is 0.336 e. The SMILES string of the molecule is CC1CN2CCCCC2CN1C(CN)c1cncn1C. The molecule has 112 valence electrons. The molecule has 0 bridgehead atoms. The summed E-state index contributed by atoms with van der Waals surface area (Å²) in [5.74, 6) is 0. The Labute approximate surface area is 121 Å². The van der Waals surface area contributed by atoms with Crippen molar-refractivity contribution in [2.45, 2.75) is 44.3 Å². The molecule has 5 nitrogen and oxygen atoms in total. The van der Waals surface area contributed by atoms with Crippen LogP contribution >= 0.6 is 0 Å². The van der Waals surface area contributed by atoms with Gasteiger partial charge in [-0.2, -0.15) is 0 Å². The van der Waals surface area contributed by atoms with Gasteiger partial charge in [0.25, 0.3) is 0 Å². The minimum absolute atomic E-state index is 0.293. The van der Waals surface area contributed by atoms with Crippen LogP contribution in [0.4, 0.5) is 0 Å². The number of imidazole rings is 1. The van der Waals surface area contributed by atoms with Gasteiger partial charge < -0.3 is 10.3 Å². The molecule has 0 radical (unpaired) electrons. The molecular weight excluding hydrogens is 250 g/mol. The predicted molar refractivity (Wildman–Crippen MR) is 80.4 cm³/mol. The molecule has 3 rings (SSSR count). The highest BCUT2D eigenvalue weighted by atomic mass is 15.3. The fraction of sp³-hybridized carbons (Fsp3) is 0.800. The topological polar surface area (TPSA) is 50.3 Å². The van der Waals surface area contributed by atoms with Gasteiger partial charge in [-0.05, 0) is 26.3 Å². The lowest BCUT2D eigenvalue weighted by Crippen LogP contribution is -2.60. The van der Waals surface area contributed by atoms with Crippen molar-refractivity contribution in [3.05, 3.63) is 18.2 Å². The molecule has 2 fully saturated rings. The van der Waals surface area contributed by atoms with E-state index >= 15 is 0 Å². The maximum atomic E-state index is 6.10. The van der Waals surface area contributed by atoms with Crippen molar-refractivity contribution in [1.82, 2.24) is 19.4 Å². The number of nitrogens with zero attached hydrogens (tertiary/aromatic N) is 4. The minimum atomic E-state index is 0.293. The Morgan fingerprint density at radius 1 is 1.40 bits per heavy atom. The normalized spacial score (nSPS) is 30.1. The van der Waals surface area contributed by atoms with Gasteiger partial charge in [0, 0.05) is 45.0 Å². The lowest BCUT2D eigenvalue weighted by Gasteiger charge is -2.49. The number of fused-ring (bicyclic) bond motifs is 1. The van der Waals surface area contributed by atoms with E-state index in [0.29, 0.717) is 18.6 Å².